The zero-order valence-electron chi connectivity index (χ0n) is 9.76. The van der Waals surface area contributed by atoms with Gasteiger partial charge in [-0.15, -0.1) is 0 Å². The summed E-state index contributed by atoms with van der Waals surface area (Å²) in [5.41, 5.74) is 0. The van der Waals surface area contributed by atoms with E-state index in [1.54, 1.807) is 18.2 Å². The SMILES string of the molecule is Cn1cnc(S(=O)(=O)Oc2ccccc2)c1[N+](=O)[O-]. The van der Waals surface area contributed by atoms with E-state index in [1.165, 1.54) is 19.2 Å². The summed E-state index contributed by atoms with van der Waals surface area (Å²) in [6, 6.07) is 7.69. The molecule has 2 rings (SSSR count). The lowest BCUT2D eigenvalue weighted by atomic mass is 10.3. The van der Waals surface area contributed by atoms with Gasteiger partial charge in [0.05, 0.1) is 7.05 Å². The molecule has 0 saturated heterocycles. The lowest BCUT2D eigenvalue weighted by molar-refractivity contribution is -0.394. The van der Waals surface area contributed by atoms with Crippen molar-refractivity contribution in [3.8, 4) is 5.75 Å². The van der Waals surface area contributed by atoms with E-state index < -0.39 is 25.9 Å². The Morgan fingerprint density at radius 3 is 2.53 bits per heavy atom. The number of hydrogen-bond acceptors (Lipinski definition) is 6. The van der Waals surface area contributed by atoms with Crippen molar-refractivity contribution in [2.75, 3.05) is 0 Å². The van der Waals surface area contributed by atoms with Crippen molar-refractivity contribution in [2.45, 2.75) is 5.03 Å². The number of nitro groups is 1. The van der Waals surface area contributed by atoms with E-state index in [0.29, 0.717) is 0 Å². The van der Waals surface area contributed by atoms with Crippen molar-refractivity contribution < 1.29 is 17.5 Å². The van der Waals surface area contributed by atoms with Gasteiger partial charge in [0.1, 0.15) is 5.75 Å². The number of aryl methyl sites for hydroxylation is 1. The third kappa shape index (κ3) is 2.55. The third-order valence-corrected chi connectivity index (χ3v) is 3.41. The van der Waals surface area contributed by atoms with Crippen LogP contribution in [0.3, 0.4) is 0 Å². The molecule has 0 aliphatic rings. The van der Waals surface area contributed by atoms with Crippen LogP contribution in [0, 0.1) is 10.1 Å². The summed E-state index contributed by atoms with van der Waals surface area (Å²) in [6.45, 7) is 0. The summed E-state index contributed by atoms with van der Waals surface area (Å²) in [5.74, 6) is -0.585. The van der Waals surface area contributed by atoms with Crippen molar-refractivity contribution in [2.24, 2.45) is 7.05 Å². The highest BCUT2D eigenvalue weighted by Crippen LogP contribution is 2.24. The Kier molecular flexibility index (Phi) is 3.21. The van der Waals surface area contributed by atoms with Crippen LogP contribution in [0.5, 0.6) is 5.75 Å². The van der Waals surface area contributed by atoms with Gasteiger partial charge in [-0.1, -0.05) is 18.2 Å². The highest BCUT2D eigenvalue weighted by molar-refractivity contribution is 7.87. The van der Waals surface area contributed by atoms with Gasteiger partial charge in [-0.25, -0.2) is 4.57 Å². The minimum Gasteiger partial charge on any atom is -0.378 e. The minimum absolute atomic E-state index is 0.0578. The average Bonchev–Trinajstić information content (AvgIpc) is 2.72. The minimum atomic E-state index is -4.34. The van der Waals surface area contributed by atoms with Crippen LogP contribution < -0.4 is 4.18 Å². The van der Waals surface area contributed by atoms with Gasteiger partial charge in [0.15, 0.2) is 6.33 Å². The summed E-state index contributed by atoms with van der Waals surface area (Å²) in [4.78, 5) is 13.5. The van der Waals surface area contributed by atoms with Gasteiger partial charge in [0.25, 0.3) is 5.03 Å². The Balaban J connectivity index is 2.44. The summed E-state index contributed by atoms with van der Waals surface area (Å²) in [5, 5.41) is 10.1. The molecule has 0 saturated carbocycles. The van der Waals surface area contributed by atoms with E-state index >= 15 is 0 Å². The third-order valence-electron chi connectivity index (χ3n) is 2.23. The van der Waals surface area contributed by atoms with Crippen LogP contribution in [-0.2, 0) is 17.2 Å². The molecule has 0 spiro atoms. The molecular weight excluding hydrogens is 274 g/mol. The van der Waals surface area contributed by atoms with E-state index in [1.807, 2.05) is 0 Å². The first-order valence-corrected chi connectivity index (χ1v) is 6.48. The smallest absolute Gasteiger partial charge is 0.365 e. The normalized spacial score (nSPS) is 11.2. The Hall–Kier alpha value is -2.42. The quantitative estimate of drug-likeness (QED) is 0.472. The Labute approximate surface area is 108 Å². The van der Waals surface area contributed by atoms with E-state index in [-0.39, 0.29) is 5.75 Å². The Morgan fingerprint density at radius 2 is 1.95 bits per heavy atom. The van der Waals surface area contributed by atoms with Crippen LogP contribution in [0.15, 0.2) is 41.7 Å². The van der Waals surface area contributed by atoms with Crippen molar-refractivity contribution >= 4 is 15.9 Å². The van der Waals surface area contributed by atoms with Gasteiger partial charge >= 0.3 is 15.9 Å². The van der Waals surface area contributed by atoms with Crippen LogP contribution in [0.4, 0.5) is 5.82 Å². The number of nitrogens with zero attached hydrogens (tertiary/aromatic N) is 3. The zero-order valence-corrected chi connectivity index (χ0v) is 10.6. The van der Waals surface area contributed by atoms with Gasteiger partial charge in [-0.3, -0.25) is 0 Å². The first-order chi connectivity index (χ1) is 8.92. The van der Waals surface area contributed by atoms with Crippen molar-refractivity contribution in [3.05, 3.63) is 46.8 Å². The van der Waals surface area contributed by atoms with Crippen LogP contribution in [0.25, 0.3) is 0 Å². The van der Waals surface area contributed by atoms with E-state index in [4.69, 9.17) is 4.18 Å². The molecule has 0 atom stereocenters. The second-order valence-corrected chi connectivity index (χ2v) is 5.05. The van der Waals surface area contributed by atoms with Crippen LogP contribution in [0.2, 0.25) is 0 Å². The molecule has 8 nitrogen and oxygen atoms in total. The highest BCUT2D eigenvalue weighted by Gasteiger charge is 2.32. The lowest BCUT2D eigenvalue weighted by Gasteiger charge is -2.04. The molecule has 9 heteroatoms. The molecule has 1 aromatic heterocycles. The molecule has 1 heterocycles. The van der Waals surface area contributed by atoms with Gasteiger partial charge in [0.2, 0.25) is 0 Å². The van der Waals surface area contributed by atoms with Crippen LogP contribution in [0.1, 0.15) is 0 Å². The molecule has 0 N–H and O–H groups in total. The largest absolute Gasteiger partial charge is 0.378 e. The van der Waals surface area contributed by atoms with Gasteiger partial charge < -0.3 is 14.3 Å². The van der Waals surface area contributed by atoms with Gasteiger partial charge in [-0.05, 0) is 17.1 Å². The summed E-state index contributed by atoms with van der Waals surface area (Å²) < 4.78 is 29.7. The molecule has 0 aliphatic heterocycles. The molecule has 0 unspecified atom stereocenters. The monoisotopic (exact) mass is 283 g/mol. The number of imidazole rings is 1. The number of rotatable bonds is 4. The molecule has 2 aromatic rings. The summed E-state index contributed by atoms with van der Waals surface area (Å²) >= 11 is 0. The number of benzene rings is 1. The second-order valence-electron chi connectivity index (χ2n) is 3.59. The first-order valence-electron chi connectivity index (χ1n) is 5.07. The highest BCUT2D eigenvalue weighted by atomic mass is 32.2. The Morgan fingerprint density at radius 1 is 1.32 bits per heavy atom. The predicted molar refractivity (Wildman–Crippen MR) is 64.1 cm³/mol. The zero-order chi connectivity index (χ0) is 14.0. The number of para-hydroxylation sites is 1. The van der Waals surface area contributed by atoms with E-state index in [2.05, 4.69) is 4.98 Å². The van der Waals surface area contributed by atoms with Gasteiger partial charge in [0, 0.05) is 0 Å². The van der Waals surface area contributed by atoms with Crippen LogP contribution >= 0.6 is 0 Å². The van der Waals surface area contributed by atoms with Crippen molar-refractivity contribution in [1.29, 1.82) is 0 Å². The Bertz CT molecular complexity index is 708. The second kappa shape index (κ2) is 4.69. The topological polar surface area (TPSA) is 104 Å². The first kappa shape index (κ1) is 13.0. The molecule has 19 heavy (non-hydrogen) atoms. The number of hydrogen-bond donors (Lipinski definition) is 0. The number of aromatic nitrogens is 2. The maximum Gasteiger partial charge on any atom is 0.365 e. The molecule has 0 radical (unpaired) electrons. The fraction of sp³-hybridized carbons (Fsp3) is 0.100. The van der Waals surface area contributed by atoms with Crippen LogP contribution in [-0.4, -0.2) is 22.9 Å². The molecule has 0 bridgehead atoms. The predicted octanol–water partition coefficient (Wildman–Crippen LogP) is 1.10. The van der Waals surface area contributed by atoms with E-state index in [9.17, 15) is 18.5 Å². The standard InChI is InChI=1S/C10H9N3O5S/c1-12-7-11-9(10(12)13(14)15)19(16,17)18-8-5-3-2-4-6-8/h2-7H,1H3. The fourth-order valence-electron chi connectivity index (χ4n) is 1.43. The molecular formula is C10H9N3O5S. The molecule has 0 fully saturated rings. The molecule has 1 aromatic carbocycles. The lowest BCUT2D eigenvalue weighted by Crippen LogP contribution is -2.12. The summed E-state index contributed by atoms with van der Waals surface area (Å²) in [7, 11) is -3.02. The maximum absolute atomic E-state index is 11.9. The van der Waals surface area contributed by atoms with Crippen molar-refractivity contribution in [1.82, 2.24) is 9.55 Å². The van der Waals surface area contributed by atoms with Gasteiger partial charge in [-0.2, -0.15) is 13.4 Å². The fourth-order valence-corrected chi connectivity index (χ4v) is 2.49. The van der Waals surface area contributed by atoms with Crippen molar-refractivity contribution in [3.63, 3.8) is 0 Å². The maximum atomic E-state index is 11.9. The molecule has 0 aliphatic carbocycles. The average molecular weight is 283 g/mol. The molecule has 0 amide bonds. The van der Waals surface area contributed by atoms with E-state index in [0.717, 1.165) is 10.9 Å². The summed E-state index contributed by atoms with van der Waals surface area (Å²) in [6.07, 6.45) is 1.04. The molecule has 100 valence electrons.